The first kappa shape index (κ1) is 15.4. The molecule has 0 aliphatic rings. The van der Waals surface area contributed by atoms with Gasteiger partial charge in [0.25, 0.3) is 5.56 Å². The van der Waals surface area contributed by atoms with Crippen LogP contribution in [0, 0.1) is 18.5 Å². The van der Waals surface area contributed by atoms with Gasteiger partial charge in [-0.2, -0.15) is 5.26 Å². The van der Waals surface area contributed by atoms with E-state index in [0.29, 0.717) is 17.5 Å². The molecule has 0 saturated heterocycles. The summed E-state index contributed by atoms with van der Waals surface area (Å²) in [4.78, 5) is 17.0. The number of hydrogen-bond donors (Lipinski definition) is 0. The van der Waals surface area contributed by atoms with Gasteiger partial charge in [0, 0.05) is 7.14 Å². The standard InChI is InChI=1S/C16H9I2N3O/c17-12-5-13-15(14(18)6-12)20-9-21(16(13)22)8-11-3-1-10(7-19)2-4-11/h1-6,9H,8H2. The van der Waals surface area contributed by atoms with Crippen LogP contribution in [0.4, 0.5) is 0 Å². The summed E-state index contributed by atoms with van der Waals surface area (Å²) in [5.41, 5.74) is 2.26. The second kappa shape index (κ2) is 6.34. The van der Waals surface area contributed by atoms with Crippen molar-refractivity contribution in [3.63, 3.8) is 0 Å². The van der Waals surface area contributed by atoms with Crippen LogP contribution in [0.3, 0.4) is 0 Å². The van der Waals surface area contributed by atoms with Crippen LogP contribution in [0.5, 0.6) is 0 Å². The third-order valence-electron chi connectivity index (χ3n) is 3.28. The molecule has 3 rings (SSSR count). The quantitative estimate of drug-likeness (QED) is 0.494. The molecule has 0 saturated carbocycles. The summed E-state index contributed by atoms with van der Waals surface area (Å²) >= 11 is 4.40. The van der Waals surface area contributed by atoms with Crippen molar-refractivity contribution in [3.05, 3.63) is 71.3 Å². The summed E-state index contributed by atoms with van der Waals surface area (Å²) in [7, 11) is 0. The molecule has 0 aliphatic carbocycles. The molecular weight excluding hydrogens is 504 g/mol. The van der Waals surface area contributed by atoms with Gasteiger partial charge in [0.2, 0.25) is 0 Å². The van der Waals surface area contributed by atoms with Gasteiger partial charge in [0.05, 0.1) is 35.4 Å². The van der Waals surface area contributed by atoms with Crippen molar-refractivity contribution in [3.8, 4) is 6.07 Å². The van der Waals surface area contributed by atoms with Gasteiger partial charge >= 0.3 is 0 Å². The zero-order valence-corrected chi connectivity index (χ0v) is 15.6. The Bertz CT molecular complexity index is 956. The lowest BCUT2D eigenvalue weighted by Gasteiger charge is -2.08. The molecule has 2 aromatic carbocycles. The minimum atomic E-state index is -0.0502. The molecule has 0 unspecified atom stereocenters. The highest BCUT2D eigenvalue weighted by molar-refractivity contribution is 14.1. The summed E-state index contributed by atoms with van der Waals surface area (Å²) in [6.45, 7) is 0.440. The van der Waals surface area contributed by atoms with E-state index in [-0.39, 0.29) is 5.56 Å². The monoisotopic (exact) mass is 513 g/mol. The number of aromatic nitrogens is 2. The van der Waals surface area contributed by atoms with E-state index in [1.807, 2.05) is 24.3 Å². The molecular formula is C16H9I2N3O. The largest absolute Gasteiger partial charge is 0.294 e. The van der Waals surface area contributed by atoms with Gasteiger partial charge in [0.15, 0.2) is 0 Å². The Morgan fingerprint density at radius 1 is 1.18 bits per heavy atom. The lowest BCUT2D eigenvalue weighted by molar-refractivity contribution is 0.748. The number of benzene rings is 2. The van der Waals surface area contributed by atoms with Crippen molar-refractivity contribution in [1.29, 1.82) is 5.26 Å². The zero-order valence-electron chi connectivity index (χ0n) is 11.3. The van der Waals surface area contributed by atoms with Crippen LogP contribution in [0.25, 0.3) is 10.9 Å². The average molecular weight is 513 g/mol. The number of fused-ring (bicyclic) bond motifs is 1. The fourth-order valence-electron chi connectivity index (χ4n) is 2.19. The molecule has 1 aromatic heterocycles. The Balaban J connectivity index is 2.06. The maximum atomic E-state index is 12.6. The highest BCUT2D eigenvalue weighted by Gasteiger charge is 2.08. The molecule has 6 heteroatoms. The minimum absolute atomic E-state index is 0.0502. The van der Waals surface area contributed by atoms with Crippen molar-refractivity contribution >= 4 is 56.1 Å². The normalized spacial score (nSPS) is 10.6. The molecule has 0 atom stereocenters. The number of hydrogen-bond acceptors (Lipinski definition) is 3. The van der Waals surface area contributed by atoms with E-state index >= 15 is 0 Å². The van der Waals surface area contributed by atoms with Gasteiger partial charge in [-0.3, -0.25) is 9.36 Å². The van der Waals surface area contributed by atoms with E-state index in [0.717, 1.165) is 18.2 Å². The Morgan fingerprint density at radius 3 is 2.59 bits per heavy atom. The van der Waals surface area contributed by atoms with Crippen LogP contribution in [0.15, 0.2) is 47.5 Å². The molecule has 0 aliphatic heterocycles. The Labute approximate surface area is 154 Å². The first-order chi connectivity index (χ1) is 10.6. The van der Waals surface area contributed by atoms with E-state index in [1.165, 1.54) is 0 Å². The second-order valence-electron chi connectivity index (χ2n) is 4.77. The van der Waals surface area contributed by atoms with Crippen molar-refractivity contribution in [1.82, 2.24) is 9.55 Å². The summed E-state index contributed by atoms with van der Waals surface area (Å²) in [5.74, 6) is 0. The number of nitrogens with zero attached hydrogens (tertiary/aromatic N) is 3. The molecule has 0 fully saturated rings. The lowest BCUT2D eigenvalue weighted by Crippen LogP contribution is -2.21. The Kier molecular flexibility index (Phi) is 4.44. The van der Waals surface area contributed by atoms with Crippen LogP contribution in [-0.4, -0.2) is 9.55 Å². The SMILES string of the molecule is N#Cc1ccc(Cn2cnc3c(I)cc(I)cc3c2=O)cc1. The Hall–Kier alpha value is -1.47. The van der Waals surface area contributed by atoms with E-state index in [4.69, 9.17) is 5.26 Å². The molecule has 0 spiro atoms. The summed E-state index contributed by atoms with van der Waals surface area (Å²) in [6, 6.07) is 13.2. The van der Waals surface area contributed by atoms with E-state index in [1.54, 1.807) is 23.0 Å². The summed E-state index contributed by atoms with van der Waals surface area (Å²) in [5, 5.41) is 9.45. The van der Waals surface area contributed by atoms with Gasteiger partial charge in [-0.05, 0) is 75.0 Å². The first-order valence-corrected chi connectivity index (χ1v) is 8.57. The minimum Gasteiger partial charge on any atom is -0.294 e. The Morgan fingerprint density at radius 2 is 1.91 bits per heavy atom. The molecule has 108 valence electrons. The van der Waals surface area contributed by atoms with Crippen molar-refractivity contribution in [2.45, 2.75) is 6.54 Å². The van der Waals surface area contributed by atoms with Crippen LogP contribution in [0.2, 0.25) is 0 Å². The maximum Gasteiger partial charge on any atom is 0.261 e. The molecule has 0 amide bonds. The van der Waals surface area contributed by atoms with Gasteiger partial charge in [-0.15, -0.1) is 0 Å². The molecule has 0 bridgehead atoms. The zero-order chi connectivity index (χ0) is 15.7. The number of halogens is 2. The van der Waals surface area contributed by atoms with Crippen LogP contribution < -0.4 is 5.56 Å². The third-order valence-corrected chi connectivity index (χ3v) is 4.73. The first-order valence-electron chi connectivity index (χ1n) is 6.42. The maximum absolute atomic E-state index is 12.6. The van der Waals surface area contributed by atoms with Crippen molar-refractivity contribution in [2.24, 2.45) is 0 Å². The smallest absolute Gasteiger partial charge is 0.261 e. The molecule has 0 radical (unpaired) electrons. The molecule has 0 N–H and O–H groups in total. The van der Waals surface area contributed by atoms with Gasteiger partial charge in [-0.1, -0.05) is 12.1 Å². The molecule has 1 heterocycles. The van der Waals surface area contributed by atoms with E-state index in [2.05, 4.69) is 56.2 Å². The van der Waals surface area contributed by atoms with Gasteiger partial charge in [-0.25, -0.2) is 4.98 Å². The second-order valence-corrected chi connectivity index (χ2v) is 7.18. The summed E-state index contributed by atoms with van der Waals surface area (Å²) < 4.78 is 3.59. The summed E-state index contributed by atoms with van der Waals surface area (Å²) in [6.07, 6.45) is 1.58. The topological polar surface area (TPSA) is 58.7 Å². The van der Waals surface area contributed by atoms with Crippen LogP contribution in [-0.2, 0) is 6.54 Å². The van der Waals surface area contributed by atoms with Crippen LogP contribution in [0.1, 0.15) is 11.1 Å². The molecule has 4 nitrogen and oxygen atoms in total. The lowest BCUT2D eigenvalue weighted by atomic mass is 10.1. The molecule has 3 aromatic rings. The fraction of sp³-hybridized carbons (Fsp3) is 0.0625. The average Bonchev–Trinajstić information content (AvgIpc) is 2.51. The third kappa shape index (κ3) is 3.01. The van der Waals surface area contributed by atoms with Crippen molar-refractivity contribution < 1.29 is 0 Å². The fourth-order valence-corrected chi connectivity index (χ4v) is 4.17. The number of rotatable bonds is 2. The van der Waals surface area contributed by atoms with E-state index in [9.17, 15) is 4.79 Å². The molecule has 22 heavy (non-hydrogen) atoms. The highest BCUT2D eigenvalue weighted by Crippen LogP contribution is 2.19. The highest BCUT2D eigenvalue weighted by atomic mass is 127. The van der Waals surface area contributed by atoms with E-state index < -0.39 is 0 Å². The predicted molar refractivity (Wildman–Crippen MR) is 102 cm³/mol. The van der Waals surface area contributed by atoms with Gasteiger partial charge in [0.1, 0.15) is 0 Å². The predicted octanol–water partition coefficient (Wildman–Crippen LogP) is 3.53. The number of nitriles is 1. The van der Waals surface area contributed by atoms with Crippen molar-refractivity contribution in [2.75, 3.05) is 0 Å². The van der Waals surface area contributed by atoms with Crippen LogP contribution >= 0.6 is 45.2 Å². The van der Waals surface area contributed by atoms with Gasteiger partial charge < -0.3 is 0 Å².